The van der Waals surface area contributed by atoms with E-state index in [9.17, 15) is 13.2 Å². The zero-order valence-electron chi connectivity index (χ0n) is 19.9. The summed E-state index contributed by atoms with van der Waals surface area (Å²) in [5.41, 5.74) is 5.16. The third-order valence-electron chi connectivity index (χ3n) is 7.19. The lowest BCUT2D eigenvalue weighted by molar-refractivity contribution is -0.133. The zero-order chi connectivity index (χ0) is 24.0. The molecular formula is C26H30N4O3S. The van der Waals surface area contributed by atoms with Gasteiger partial charge in [-0.3, -0.25) is 13.8 Å². The molecule has 1 amide bonds. The smallest absolute Gasteiger partial charge is 0.268 e. The van der Waals surface area contributed by atoms with E-state index in [0.29, 0.717) is 24.4 Å². The molecule has 1 atom stereocenters. The molecule has 0 saturated heterocycles. The van der Waals surface area contributed by atoms with E-state index in [1.165, 1.54) is 20.1 Å². The highest BCUT2D eigenvalue weighted by atomic mass is 32.2. The van der Waals surface area contributed by atoms with Crippen molar-refractivity contribution in [2.45, 2.75) is 57.0 Å². The highest BCUT2D eigenvalue weighted by Gasteiger charge is 2.35. The molecule has 7 nitrogen and oxygen atoms in total. The van der Waals surface area contributed by atoms with E-state index in [-0.39, 0.29) is 23.4 Å². The number of rotatable bonds is 5. The first-order valence-corrected chi connectivity index (χ1v) is 13.2. The number of likely N-dealkylation sites (N-methyl/N-ethyl adjacent to an activating group) is 1. The van der Waals surface area contributed by atoms with Gasteiger partial charge in [-0.15, -0.1) is 0 Å². The summed E-state index contributed by atoms with van der Waals surface area (Å²) >= 11 is 0. The highest BCUT2D eigenvalue weighted by molar-refractivity contribution is 7.93. The monoisotopic (exact) mass is 478 g/mol. The number of carbonyl (C=O) groups is 1. The Kier molecular flexibility index (Phi) is 5.72. The van der Waals surface area contributed by atoms with E-state index < -0.39 is 10.0 Å². The van der Waals surface area contributed by atoms with Gasteiger partial charge in [0.15, 0.2) is 0 Å². The Bertz CT molecular complexity index is 1360. The van der Waals surface area contributed by atoms with Crippen LogP contribution in [-0.2, 0) is 34.2 Å². The van der Waals surface area contributed by atoms with Crippen molar-refractivity contribution in [3.8, 4) is 0 Å². The number of para-hydroxylation sites is 1. The maximum absolute atomic E-state index is 13.6. The van der Waals surface area contributed by atoms with Crippen molar-refractivity contribution in [1.29, 1.82) is 0 Å². The third-order valence-corrected chi connectivity index (χ3v) is 9.26. The molecule has 1 aromatic heterocycles. The summed E-state index contributed by atoms with van der Waals surface area (Å²) in [4.78, 5) is 15.3. The lowest BCUT2D eigenvalue weighted by Gasteiger charge is -2.33. The molecule has 5 rings (SSSR count). The summed E-state index contributed by atoms with van der Waals surface area (Å²) in [5.74, 6) is -0.0808. The zero-order valence-corrected chi connectivity index (χ0v) is 20.7. The molecule has 1 aliphatic carbocycles. The number of aryl methyl sites for hydroxylation is 2. The van der Waals surface area contributed by atoms with Gasteiger partial charge in [0, 0.05) is 13.6 Å². The van der Waals surface area contributed by atoms with Crippen molar-refractivity contribution in [2.24, 2.45) is 0 Å². The molecule has 1 aliphatic heterocycles. The van der Waals surface area contributed by atoms with Crippen molar-refractivity contribution in [1.82, 2.24) is 14.7 Å². The molecule has 0 N–H and O–H groups in total. The van der Waals surface area contributed by atoms with Gasteiger partial charge in [-0.05, 0) is 62.3 Å². The Morgan fingerprint density at radius 2 is 1.76 bits per heavy atom. The van der Waals surface area contributed by atoms with Gasteiger partial charge in [-0.25, -0.2) is 8.42 Å². The SMILES string of the molecule is Cc1nn(CC(=O)N(C)C2CCCc3ccccc32)c(C)c1S(=O)(=O)N1CCc2ccccc21. The van der Waals surface area contributed by atoms with Crippen molar-refractivity contribution in [3.63, 3.8) is 0 Å². The lowest BCUT2D eigenvalue weighted by Crippen LogP contribution is -2.36. The fourth-order valence-electron chi connectivity index (χ4n) is 5.42. The minimum absolute atomic E-state index is 0.00788. The average molecular weight is 479 g/mol. The number of anilines is 1. The minimum atomic E-state index is -3.78. The third kappa shape index (κ3) is 3.70. The van der Waals surface area contributed by atoms with E-state index in [0.717, 1.165) is 30.5 Å². The molecule has 2 aliphatic rings. The molecule has 2 aromatic carbocycles. The maximum atomic E-state index is 13.6. The van der Waals surface area contributed by atoms with Crippen LogP contribution in [-0.4, -0.2) is 42.6 Å². The molecule has 3 aromatic rings. The number of aromatic nitrogens is 2. The summed E-state index contributed by atoms with van der Waals surface area (Å²) in [6.07, 6.45) is 3.68. The number of sulfonamides is 1. The van der Waals surface area contributed by atoms with Crippen molar-refractivity contribution >= 4 is 21.6 Å². The fourth-order valence-corrected chi connectivity index (χ4v) is 7.30. The largest absolute Gasteiger partial charge is 0.337 e. The van der Waals surface area contributed by atoms with Crippen LogP contribution in [0.5, 0.6) is 0 Å². The predicted molar refractivity (Wildman–Crippen MR) is 131 cm³/mol. The van der Waals surface area contributed by atoms with Crippen molar-refractivity contribution < 1.29 is 13.2 Å². The normalized spacial score (nSPS) is 17.4. The molecule has 0 saturated carbocycles. The average Bonchev–Trinajstić information content (AvgIpc) is 3.39. The van der Waals surface area contributed by atoms with Gasteiger partial charge in [0.05, 0.1) is 23.1 Å². The van der Waals surface area contributed by atoms with E-state index in [1.54, 1.807) is 18.7 Å². The molecular weight excluding hydrogens is 448 g/mol. The summed E-state index contributed by atoms with van der Waals surface area (Å²) < 4.78 is 30.3. The van der Waals surface area contributed by atoms with Gasteiger partial charge < -0.3 is 4.90 Å². The maximum Gasteiger partial charge on any atom is 0.268 e. The van der Waals surface area contributed by atoms with E-state index in [1.807, 2.05) is 43.4 Å². The first kappa shape index (κ1) is 22.7. The molecule has 0 radical (unpaired) electrons. The number of hydrogen-bond acceptors (Lipinski definition) is 4. The second kappa shape index (κ2) is 8.58. The number of amides is 1. The van der Waals surface area contributed by atoms with Crippen LogP contribution in [0.1, 0.15) is 47.0 Å². The quantitative estimate of drug-likeness (QED) is 0.559. The molecule has 34 heavy (non-hydrogen) atoms. The van der Waals surface area contributed by atoms with Gasteiger partial charge in [-0.1, -0.05) is 42.5 Å². The number of nitrogens with zero attached hydrogens (tertiary/aromatic N) is 4. The topological polar surface area (TPSA) is 75.5 Å². The van der Waals surface area contributed by atoms with Gasteiger partial charge >= 0.3 is 0 Å². The Balaban J connectivity index is 1.40. The summed E-state index contributed by atoms with van der Waals surface area (Å²) in [6, 6.07) is 15.9. The molecule has 1 unspecified atom stereocenters. The summed E-state index contributed by atoms with van der Waals surface area (Å²) in [7, 11) is -1.95. The number of carbonyl (C=O) groups excluding carboxylic acids is 1. The molecule has 0 spiro atoms. The second-order valence-electron chi connectivity index (χ2n) is 9.22. The number of benzene rings is 2. The van der Waals surface area contributed by atoms with Crippen LogP contribution in [0.4, 0.5) is 5.69 Å². The van der Waals surface area contributed by atoms with Crippen LogP contribution in [0.25, 0.3) is 0 Å². The standard InChI is InChI=1S/C26H30N4O3S/c1-18-26(34(32,33)30-16-15-21-10-5-7-13-23(21)30)19(2)29(27-18)17-25(31)28(3)24-14-8-11-20-9-4-6-12-22(20)24/h4-7,9-10,12-13,24H,8,11,14-17H2,1-3H3. The van der Waals surface area contributed by atoms with E-state index in [2.05, 4.69) is 17.2 Å². The van der Waals surface area contributed by atoms with Crippen LogP contribution in [0.3, 0.4) is 0 Å². The van der Waals surface area contributed by atoms with E-state index >= 15 is 0 Å². The predicted octanol–water partition coefficient (Wildman–Crippen LogP) is 3.79. The number of fused-ring (bicyclic) bond motifs is 2. The van der Waals surface area contributed by atoms with Crippen molar-refractivity contribution in [2.75, 3.05) is 17.9 Å². The first-order chi connectivity index (χ1) is 16.3. The second-order valence-corrected chi connectivity index (χ2v) is 11.0. The Morgan fingerprint density at radius 3 is 2.56 bits per heavy atom. The van der Waals surface area contributed by atoms with Crippen LogP contribution in [0, 0.1) is 13.8 Å². The molecule has 2 heterocycles. The van der Waals surface area contributed by atoms with Gasteiger partial charge in [0.25, 0.3) is 10.0 Å². The first-order valence-electron chi connectivity index (χ1n) is 11.8. The highest BCUT2D eigenvalue weighted by Crippen LogP contribution is 2.35. The summed E-state index contributed by atoms with van der Waals surface area (Å²) in [5, 5.41) is 4.48. The summed E-state index contributed by atoms with van der Waals surface area (Å²) in [6.45, 7) is 3.85. The van der Waals surface area contributed by atoms with Crippen LogP contribution in [0.2, 0.25) is 0 Å². The van der Waals surface area contributed by atoms with Gasteiger partial charge in [-0.2, -0.15) is 5.10 Å². The van der Waals surface area contributed by atoms with Crippen molar-refractivity contribution in [3.05, 3.63) is 76.6 Å². The Morgan fingerprint density at radius 1 is 1.06 bits per heavy atom. The number of hydrogen-bond donors (Lipinski definition) is 0. The molecule has 0 bridgehead atoms. The Labute approximate surface area is 201 Å². The van der Waals surface area contributed by atoms with E-state index in [4.69, 9.17) is 0 Å². The van der Waals surface area contributed by atoms with Gasteiger partial charge in [0.1, 0.15) is 11.4 Å². The lowest BCUT2D eigenvalue weighted by atomic mass is 9.87. The fraction of sp³-hybridized carbons (Fsp3) is 0.385. The van der Waals surface area contributed by atoms with Crippen LogP contribution >= 0.6 is 0 Å². The Hall–Kier alpha value is -3.13. The molecule has 8 heteroatoms. The molecule has 0 fully saturated rings. The van der Waals surface area contributed by atoms with Crippen LogP contribution < -0.4 is 4.31 Å². The van der Waals surface area contributed by atoms with Crippen LogP contribution in [0.15, 0.2) is 53.4 Å². The minimum Gasteiger partial charge on any atom is -0.337 e. The molecule has 178 valence electrons. The van der Waals surface area contributed by atoms with Gasteiger partial charge in [0.2, 0.25) is 5.91 Å².